The summed E-state index contributed by atoms with van der Waals surface area (Å²) in [6.07, 6.45) is 6.58. The molecule has 16 heteroatoms. The van der Waals surface area contributed by atoms with Gasteiger partial charge < -0.3 is 25.1 Å². The molecule has 5 rings (SSSR count). The number of amides is 3. The Hall–Kier alpha value is -4.31. The minimum absolute atomic E-state index is 0.0678. The van der Waals surface area contributed by atoms with Gasteiger partial charge in [-0.3, -0.25) is 24.5 Å². The van der Waals surface area contributed by atoms with E-state index >= 15 is 0 Å². The first-order valence-corrected chi connectivity index (χ1v) is 15.0. The molecule has 2 aliphatic heterocycles. The number of aromatic nitrogens is 1. The van der Waals surface area contributed by atoms with Crippen molar-refractivity contribution in [3.8, 4) is 0 Å². The third-order valence-corrected chi connectivity index (χ3v) is 8.93. The molecule has 1 saturated heterocycles. The van der Waals surface area contributed by atoms with Crippen LogP contribution in [0.25, 0.3) is 0 Å². The number of oxime groups is 1. The van der Waals surface area contributed by atoms with Crippen LogP contribution in [-0.4, -0.2) is 68.0 Å². The first-order valence-electron chi connectivity index (χ1n) is 13.1. The van der Waals surface area contributed by atoms with Crippen molar-refractivity contribution >= 4 is 63.8 Å². The summed E-state index contributed by atoms with van der Waals surface area (Å²) in [5.74, 6) is -1.42. The number of nitrogens with zero attached hydrogens (tertiary/aromatic N) is 4. The van der Waals surface area contributed by atoms with Crippen LogP contribution in [0.3, 0.4) is 0 Å². The number of rotatable bonds is 11. The molecule has 0 radical (unpaired) electrons. The number of β-lactam (4-membered cyclic amide) rings is 1. The molecular formula is C26H26N6O8S2. The molecular weight excluding hydrogens is 588 g/mol. The summed E-state index contributed by atoms with van der Waals surface area (Å²) in [6.45, 7) is -0.0827. The van der Waals surface area contributed by atoms with Crippen molar-refractivity contribution in [2.75, 3.05) is 11.1 Å². The van der Waals surface area contributed by atoms with E-state index in [1.807, 2.05) is 0 Å². The Kier molecular flexibility index (Phi) is 9.12. The number of nitro groups is 1. The van der Waals surface area contributed by atoms with Crippen molar-refractivity contribution in [1.29, 1.82) is 0 Å². The molecule has 0 bridgehead atoms. The van der Waals surface area contributed by atoms with Gasteiger partial charge in [-0.15, -0.1) is 23.1 Å². The maximum atomic E-state index is 13.3. The number of esters is 1. The number of hydrogen-bond acceptors (Lipinski definition) is 12. The maximum absolute atomic E-state index is 13.3. The van der Waals surface area contributed by atoms with Crippen LogP contribution in [-0.2, 0) is 35.4 Å². The van der Waals surface area contributed by atoms with Crippen LogP contribution < -0.4 is 10.6 Å². The molecule has 2 atom stereocenters. The average Bonchev–Trinajstić information content (AvgIpc) is 3.47. The highest BCUT2D eigenvalue weighted by Gasteiger charge is 2.50. The number of nitrogens with one attached hydrogen (secondary N) is 2. The van der Waals surface area contributed by atoms with Crippen molar-refractivity contribution in [3.05, 3.63) is 62.8 Å². The molecule has 3 aliphatic rings. The molecule has 2 aromatic rings. The molecule has 3 heterocycles. The number of hydrogen-bond donors (Lipinski definition) is 2. The molecule has 2 fully saturated rings. The van der Waals surface area contributed by atoms with E-state index in [1.54, 1.807) is 5.38 Å². The summed E-state index contributed by atoms with van der Waals surface area (Å²) in [4.78, 5) is 71.2. The number of non-ortho nitro benzene ring substituents is 1. The van der Waals surface area contributed by atoms with Gasteiger partial charge in [0.1, 0.15) is 29.8 Å². The predicted molar refractivity (Wildman–Crippen MR) is 152 cm³/mol. The largest absolute Gasteiger partial charge is 0.457 e. The van der Waals surface area contributed by atoms with E-state index in [0.717, 1.165) is 43.4 Å². The van der Waals surface area contributed by atoms with Crippen LogP contribution in [0.15, 0.2) is 46.6 Å². The van der Waals surface area contributed by atoms with Gasteiger partial charge in [-0.1, -0.05) is 11.6 Å². The number of benzene rings is 1. The number of anilines is 1. The Morgan fingerprint density at radius 3 is 2.69 bits per heavy atom. The second kappa shape index (κ2) is 13.1. The molecule has 1 aromatic heterocycles. The van der Waals surface area contributed by atoms with Gasteiger partial charge in [-0.2, -0.15) is 0 Å². The molecule has 1 saturated carbocycles. The average molecular weight is 615 g/mol. The SMILES string of the molecule is O=CNc1nc(C(=NOC2CCCCC2)C(=O)NC2C(=O)N3C=C(C(=O)OCc4ccc([N+](=O)[O-])cc4)CS[C@H]23)cs1. The summed E-state index contributed by atoms with van der Waals surface area (Å²) in [5, 5.41) is 21.5. The highest BCUT2D eigenvalue weighted by Crippen LogP contribution is 2.36. The van der Waals surface area contributed by atoms with Crippen LogP contribution in [0.2, 0.25) is 0 Å². The van der Waals surface area contributed by atoms with Crippen LogP contribution in [0.1, 0.15) is 43.4 Å². The summed E-state index contributed by atoms with van der Waals surface area (Å²) in [5.41, 5.74) is 0.890. The minimum Gasteiger partial charge on any atom is -0.457 e. The van der Waals surface area contributed by atoms with Gasteiger partial charge in [0.05, 0.1) is 10.5 Å². The van der Waals surface area contributed by atoms with Gasteiger partial charge >= 0.3 is 5.97 Å². The molecule has 14 nitrogen and oxygen atoms in total. The highest BCUT2D eigenvalue weighted by molar-refractivity contribution is 8.00. The van der Waals surface area contributed by atoms with E-state index in [9.17, 15) is 29.3 Å². The molecule has 1 aromatic carbocycles. The fourth-order valence-electron chi connectivity index (χ4n) is 4.59. The third kappa shape index (κ3) is 6.60. The normalized spacial score (nSPS) is 20.5. The quantitative estimate of drug-likeness (QED) is 0.0953. The number of ether oxygens (including phenoxy) is 1. The zero-order valence-electron chi connectivity index (χ0n) is 22.1. The number of fused-ring (bicyclic) bond motifs is 1. The number of nitro benzene ring substituents is 1. The van der Waals surface area contributed by atoms with E-state index in [0.29, 0.717) is 12.0 Å². The summed E-state index contributed by atoms with van der Waals surface area (Å²) >= 11 is 2.42. The van der Waals surface area contributed by atoms with E-state index in [4.69, 9.17) is 9.57 Å². The Labute approximate surface area is 247 Å². The summed E-state index contributed by atoms with van der Waals surface area (Å²) < 4.78 is 5.32. The van der Waals surface area contributed by atoms with E-state index in [2.05, 4.69) is 20.8 Å². The first-order chi connectivity index (χ1) is 20.3. The van der Waals surface area contributed by atoms with Crippen molar-refractivity contribution in [2.24, 2.45) is 5.16 Å². The lowest BCUT2D eigenvalue weighted by atomic mass is 9.98. The van der Waals surface area contributed by atoms with Gasteiger partial charge in [-0.05, 0) is 43.4 Å². The fraction of sp³-hybridized carbons (Fsp3) is 0.385. The van der Waals surface area contributed by atoms with Crippen LogP contribution >= 0.6 is 23.1 Å². The lowest BCUT2D eigenvalue weighted by Crippen LogP contribution is -2.69. The Morgan fingerprint density at radius 2 is 1.98 bits per heavy atom. The van der Waals surface area contributed by atoms with Crippen molar-refractivity contribution < 1.29 is 33.7 Å². The van der Waals surface area contributed by atoms with Gasteiger partial charge in [-0.25, -0.2) is 9.78 Å². The lowest BCUT2D eigenvalue weighted by Gasteiger charge is -2.47. The number of carbonyl (C=O) groups is 4. The Morgan fingerprint density at radius 1 is 1.21 bits per heavy atom. The van der Waals surface area contributed by atoms with Crippen LogP contribution in [0, 0.1) is 10.1 Å². The minimum atomic E-state index is -0.859. The summed E-state index contributed by atoms with van der Waals surface area (Å²) in [7, 11) is 0. The zero-order valence-corrected chi connectivity index (χ0v) is 23.7. The standard InChI is InChI=1S/C26H26N6O8S2/c33-14-27-26-28-19(13-42-26)20(30-40-18-4-2-1-3-5-18)22(34)29-21-23(35)31-10-16(12-41-24(21)31)25(36)39-11-15-6-8-17(9-7-15)32(37)38/h6-10,13-14,18,21,24H,1-5,11-12H2,(H,29,34)(H,27,28,33)/t21?,24-/m1/s1. The summed E-state index contributed by atoms with van der Waals surface area (Å²) in [6, 6.07) is 4.79. The smallest absolute Gasteiger partial charge is 0.336 e. The Bertz CT molecular complexity index is 1440. The second-order valence-corrected chi connectivity index (χ2v) is 11.6. The molecule has 3 amide bonds. The van der Waals surface area contributed by atoms with E-state index in [1.165, 1.54) is 47.1 Å². The number of carbonyl (C=O) groups excluding carboxylic acids is 4. The van der Waals surface area contributed by atoms with Gasteiger partial charge in [0.25, 0.3) is 17.5 Å². The zero-order chi connectivity index (χ0) is 29.6. The topological polar surface area (TPSA) is 182 Å². The van der Waals surface area contributed by atoms with Gasteiger partial charge in [0, 0.05) is 29.5 Å². The number of thiazole rings is 1. The van der Waals surface area contributed by atoms with Crippen LogP contribution in [0.4, 0.5) is 10.8 Å². The molecule has 1 unspecified atom stereocenters. The molecule has 1 aliphatic carbocycles. The Balaban J connectivity index is 1.21. The maximum Gasteiger partial charge on any atom is 0.336 e. The highest BCUT2D eigenvalue weighted by atomic mass is 32.2. The van der Waals surface area contributed by atoms with Gasteiger partial charge in [0.2, 0.25) is 6.41 Å². The van der Waals surface area contributed by atoms with E-state index < -0.39 is 34.1 Å². The predicted octanol–water partition coefficient (Wildman–Crippen LogP) is 2.70. The van der Waals surface area contributed by atoms with Crippen molar-refractivity contribution in [2.45, 2.75) is 56.2 Å². The molecule has 220 valence electrons. The molecule has 0 spiro atoms. The first kappa shape index (κ1) is 29.2. The molecule has 2 N–H and O–H groups in total. The fourth-order valence-corrected chi connectivity index (χ4v) is 6.49. The number of thioether (sulfide) groups is 1. The van der Waals surface area contributed by atoms with Gasteiger partial charge in [0.15, 0.2) is 10.8 Å². The third-order valence-electron chi connectivity index (χ3n) is 6.84. The van der Waals surface area contributed by atoms with Crippen molar-refractivity contribution in [3.63, 3.8) is 0 Å². The van der Waals surface area contributed by atoms with Crippen molar-refractivity contribution in [1.82, 2.24) is 15.2 Å². The van der Waals surface area contributed by atoms with Crippen LogP contribution in [0.5, 0.6) is 0 Å². The van der Waals surface area contributed by atoms with E-state index in [-0.39, 0.29) is 46.3 Å². The lowest BCUT2D eigenvalue weighted by molar-refractivity contribution is -0.384. The second-order valence-electron chi connectivity index (χ2n) is 9.66. The monoisotopic (exact) mass is 614 g/mol. The molecule has 42 heavy (non-hydrogen) atoms.